The van der Waals surface area contributed by atoms with Crippen molar-refractivity contribution in [3.8, 4) is 0 Å². The highest BCUT2D eigenvalue weighted by atomic mass is 35.5. The van der Waals surface area contributed by atoms with Gasteiger partial charge < -0.3 is 5.73 Å². The molecule has 2 N–H and O–H groups in total. The molecule has 0 radical (unpaired) electrons. The minimum absolute atomic E-state index is 0.0278. The molecule has 2 aromatic rings. The summed E-state index contributed by atoms with van der Waals surface area (Å²) >= 11 is 7.78. The Balaban J connectivity index is 2.03. The topological polar surface area (TPSA) is 38.9 Å². The van der Waals surface area contributed by atoms with Gasteiger partial charge in [0.1, 0.15) is 0 Å². The van der Waals surface area contributed by atoms with Gasteiger partial charge in [-0.15, -0.1) is 11.8 Å². The highest BCUT2D eigenvalue weighted by Crippen LogP contribution is 2.29. The molecule has 0 aliphatic heterocycles. The van der Waals surface area contributed by atoms with Crippen molar-refractivity contribution < 1.29 is 0 Å². The lowest BCUT2D eigenvalue weighted by atomic mass is 10.1. The Hall–Kier alpha value is -1.03. The smallest absolute Gasteiger partial charge is 0.0541 e. The molecule has 1 atom stereocenters. The zero-order chi connectivity index (χ0) is 13.0. The number of hydrogen-bond donors (Lipinski definition) is 1. The van der Waals surface area contributed by atoms with Gasteiger partial charge >= 0.3 is 0 Å². The van der Waals surface area contributed by atoms with Crippen LogP contribution in [0.1, 0.15) is 17.2 Å². The zero-order valence-corrected chi connectivity index (χ0v) is 11.7. The molecule has 0 saturated carbocycles. The molecule has 0 aliphatic carbocycles. The van der Waals surface area contributed by atoms with Crippen LogP contribution in [0.25, 0.3) is 0 Å². The number of benzene rings is 1. The van der Waals surface area contributed by atoms with Crippen molar-refractivity contribution in [1.29, 1.82) is 0 Å². The maximum absolute atomic E-state index is 6.19. The van der Waals surface area contributed by atoms with E-state index in [1.807, 2.05) is 36.5 Å². The lowest BCUT2D eigenvalue weighted by Crippen LogP contribution is -2.14. The molecule has 18 heavy (non-hydrogen) atoms. The van der Waals surface area contributed by atoms with Gasteiger partial charge in [-0.3, -0.25) is 4.98 Å². The lowest BCUT2D eigenvalue weighted by Gasteiger charge is -2.14. The first-order valence-corrected chi connectivity index (χ1v) is 7.08. The van der Waals surface area contributed by atoms with Gasteiger partial charge in [-0.1, -0.05) is 23.7 Å². The van der Waals surface area contributed by atoms with Crippen LogP contribution >= 0.6 is 23.4 Å². The molecule has 94 valence electrons. The van der Waals surface area contributed by atoms with Crippen molar-refractivity contribution in [2.24, 2.45) is 5.73 Å². The monoisotopic (exact) mass is 278 g/mol. The summed E-state index contributed by atoms with van der Waals surface area (Å²) in [6, 6.07) is 9.77. The predicted octanol–water partition coefficient (Wildman–Crippen LogP) is 3.84. The quantitative estimate of drug-likeness (QED) is 0.864. The lowest BCUT2D eigenvalue weighted by molar-refractivity contribution is 0.815. The van der Waals surface area contributed by atoms with E-state index in [0.717, 1.165) is 21.2 Å². The second kappa shape index (κ2) is 6.23. The van der Waals surface area contributed by atoms with E-state index in [4.69, 9.17) is 17.3 Å². The Kier molecular flexibility index (Phi) is 4.64. The van der Waals surface area contributed by atoms with Crippen molar-refractivity contribution in [2.75, 3.05) is 5.75 Å². The Morgan fingerprint density at radius 1 is 1.33 bits per heavy atom. The summed E-state index contributed by atoms with van der Waals surface area (Å²) in [6.07, 6.45) is 3.62. The second-order valence-electron chi connectivity index (χ2n) is 4.08. The largest absolute Gasteiger partial charge is 0.323 e. The molecule has 0 bridgehead atoms. The predicted molar refractivity (Wildman–Crippen MR) is 78.1 cm³/mol. The van der Waals surface area contributed by atoms with Crippen molar-refractivity contribution in [3.05, 3.63) is 58.9 Å². The molecule has 0 amide bonds. The van der Waals surface area contributed by atoms with Gasteiger partial charge in [0, 0.05) is 29.1 Å². The first-order valence-electron chi connectivity index (χ1n) is 5.72. The molecular formula is C14H15ClN2S. The standard InChI is InChI=1S/C14H15ClN2S/c1-10-6-7-17-8-11(10)13(16)9-18-14-5-3-2-4-12(14)15/h2-8,13H,9,16H2,1H3. The summed E-state index contributed by atoms with van der Waals surface area (Å²) in [5, 5.41) is 0.776. The number of nitrogens with zero attached hydrogens (tertiary/aromatic N) is 1. The third-order valence-corrected chi connectivity index (χ3v) is 4.37. The van der Waals surface area contributed by atoms with Crippen LogP contribution in [0.5, 0.6) is 0 Å². The number of pyridine rings is 1. The van der Waals surface area contributed by atoms with Gasteiger partial charge in [0.05, 0.1) is 5.02 Å². The molecule has 0 fully saturated rings. The van der Waals surface area contributed by atoms with Crippen molar-refractivity contribution >= 4 is 23.4 Å². The Bertz CT molecular complexity index is 531. The molecule has 2 nitrogen and oxygen atoms in total. The van der Waals surface area contributed by atoms with Gasteiger partial charge in [0.2, 0.25) is 0 Å². The summed E-state index contributed by atoms with van der Waals surface area (Å²) < 4.78 is 0. The van der Waals surface area contributed by atoms with E-state index >= 15 is 0 Å². The molecule has 0 spiro atoms. The van der Waals surface area contributed by atoms with Crippen LogP contribution < -0.4 is 5.73 Å². The molecule has 4 heteroatoms. The number of aryl methyl sites for hydroxylation is 1. The highest BCUT2D eigenvalue weighted by molar-refractivity contribution is 7.99. The van der Waals surface area contributed by atoms with Crippen LogP contribution in [0.2, 0.25) is 5.02 Å². The first kappa shape index (κ1) is 13.4. The van der Waals surface area contributed by atoms with Crippen LogP contribution in [0, 0.1) is 6.92 Å². The van der Waals surface area contributed by atoms with Gasteiger partial charge in [0.15, 0.2) is 0 Å². The number of aromatic nitrogens is 1. The third kappa shape index (κ3) is 3.25. The van der Waals surface area contributed by atoms with Crippen LogP contribution in [0.4, 0.5) is 0 Å². The highest BCUT2D eigenvalue weighted by Gasteiger charge is 2.10. The molecule has 1 aromatic heterocycles. The Labute approximate surface area is 117 Å². The minimum Gasteiger partial charge on any atom is -0.323 e. The fourth-order valence-corrected chi connectivity index (χ4v) is 2.91. The Morgan fingerprint density at radius 3 is 2.83 bits per heavy atom. The third-order valence-electron chi connectivity index (χ3n) is 2.73. The van der Waals surface area contributed by atoms with E-state index in [1.165, 1.54) is 5.56 Å². The number of nitrogens with two attached hydrogens (primary N) is 1. The fraction of sp³-hybridized carbons (Fsp3) is 0.214. The van der Waals surface area contributed by atoms with Crippen LogP contribution in [0.15, 0.2) is 47.6 Å². The summed E-state index contributed by atoms with van der Waals surface area (Å²) in [4.78, 5) is 5.19. The fourth-order valence-electron chi connectivity index (χ4n) is 1.70. The molecule has 0 aliphatic rings. The second-order valence-corrected chi connectivity index (χ2v) is 5.55. The molecule has 1 unspecified atom stereocenters. The van der Waals surface area contributed by atoms with Gasteiger partial charge in [-0.25, -0.2) is 0 Å². The minimum atomic E-state index is -0.0278. The molecular weight excluding hydrogens is 264 g/mol. The van der Waals surface area contributed by atoms with Crippen LogP contribution in [-0.4, -0.2) is 10.7 Å². The van der Waals surface area contributed by atoms with Crippen LogP contribution in [0.3, 0.4) is 0 Å². The molecule has 1 aromatic carbocycles. The van der Waals surface area contributed by atoms with Gasteiger partial charge in [-0.05, 0) is 36.2 Å². The average Bonchev–Trinajstić information content (AvgIpc) is 2.38. The normalized spacial score (nSPS) is 12.4. The first-order chi connectivity index (χ1) is 8.68. The summed E-state index contributed by atoms with van der Waals surface area (Å²) in [6.45, 7) is 2.05. The van der Waals surface area contributed by atoms with Crippen molar-refractivity contribution in [3.63, 3.8) is 0 Å². The molecule has 2 rings (SSSR count). The van der Waals surface area contributed by atoms with Crippen molar-refractivity contribution in [2.45, 2.75) is 17.9 Å². The zero-order valence-electron chi connectivity index (χ0n) is 10.1. The van der Waals surface area contributed by atoms with E-state index in [0.29, 0.717) is 0 Å². The number of hydrogen-bond acceptors (Lipinski definition) is 3. The summed E-state index contributed by atoms with van der Waals surface area (Å²) in [5.74, 6) is 0.788. The Morgan fingerprint density at radius 2 is 2.11 bits per heavy atom. The van der Waals surface area contributed by atoms with Crippen LogP contribution in [-0.2, 0) is 0 Å². The van der Waals surface area contributed by atoms with E-state index in [1.54, 1.807) is 18.0 Å². The van der Waals surface area contributed by atoms with E-state index < -0.39 is 0 Å². The number of thioether (sulfide) groups is 1. The van der Waals surface area contributed by atoms with E-state index in [2.05, 4.69) is 11.9 Å². The number of halogens is 1. The van der Waals surface area contributed by atoms with E-state index in [-0.39, 0.29) is 6.04 Å². The molecule has 0 saturated heterocycles. The number of rotatable bonds is 4. The maximum Gasteiger partial charge on any atom is 0.0541 e. The summed E-state index contributed by atoms with van der Waals surface area (Å²) in [7, 11) is 0. The van der Waals surface area contributed by atoms with Gasteiger partial charge in [-0.2, -0.15) is 0 Å². The average molecular weight is 279 g/mol. The summed E-state index contributed by atoms with van der Waals surface area (Å²) in [5.41, 5.74) is 8.46. The molecule has 1 heterocycles. The SMILES string of the molecule is Cc1ccncc1C(N)CSc1ccccc1Cl. The van der Waals surface area contributed by atoms with E-state index in [9.17, 15) is 0 Å². The van der Waals surface area contributed by atoms with Gasteiger partial charge in [0.25, 0.3) is 0 Å². The maximum atomic E-state index is 6.19. The van der Waals surface area contributed by atoms with Crippen molar-refractivity contribution in [1.82, 2.24) is 4.98 Å².